The number of nitrogens with one attached hydrogen (secondary N) is 2. The summed E-state index contributed by atoms with van der Waals surface area (Å²) >= 11 is 0. The number of aromatic amines is 1. The molecule has 2 fully saturated rings. The number of aromatic nitrogens is 3. The topological polar surface area (TPSA) is 133 Å². The zero-order chi connectivity index (χ0) is 25.9. The molecule has 1 aromatic carbocycles. The molecule has 11 heteroatoms. The lowest BCUT2D eigenvalue weighted by Crippen LogP contribution is -2.47. The summed E-state index contributed by atoms with van der Waals surface area (Å²) in [6.07, 6.45) is 1.55. The Labute approximate surface area is 210 Å². The van der Waals surface area contributed by atoms with Gasteiger partial charge in [-0.05, 0) is 24.3 Å². The fourth-order valence-electron chi connectivity index (χ4n) is 4.57. The maximum absolute atomic E-state index is 13.2. The zero-order valence-electron chi connectivity index (χ0n) is 21.1. The van der Waals surface area contributed by atoms with Gasteiger partial charge in [-0.25, -0.2) is 9.78 Å². The second-order valence-corrected chi connectivity index (χ2v) is 10.1. The van der Waals surface area contributed by atoms with Gasteiger partial charge in [-0.3, -0.25) is 24.4 Å². The van der Waals surface area contributed by atoms with Crippen molar-refractivity contribution in [2.45, 2.75) is 77.9 Å². The second-order valence-electron chi connectivity index (χ2n) is 10.1. The number of unbranched alkanes of at least 4 members (excludes halogenated alkanes) is 1. The molecule has 0 saturated carbocycles. The molecule has 2 aliphatic rings. The van der Waals surface area contributed by atoms with Gasteiger partial charge in [0, 0.05) is 13.0 Å². The van der Waals surface area contributed by atoms with Crippen LogP contribution in [0, 0.1) is 5.41 Å². The normalized spacial score (nSPS) is 24.1. The number of alkyl carbamates (subject to hydrolysis) is 1. The van der Waals surface area contributed by atoms with Crippen molar-refractivity contribution in [2.24, 2.45) is 5.41 Å². The summed E-state index contributed by atoms with van der Waals surface area (Å²) in [4.78, 5) is 50.0. The molecule has 2 N–H and O–H groups in total. The Morgan fingerprint density at radius 1 is 1.28 bits per heavy atom. The zero-order valence-corrected chi connectivity index (χ0v) is 21.1. The SMILES string of the molecule is CCCC[C@H](NC(=O)OC1CC(C)(C)CN1C(=O)c1ncn[nH]1)C(=O)C1ON1[C@H](C)c1ccccc1. The van der Waals surface area contributed by atoms with E-state index in [9.17, 15) is 14.4 Å². The predicted octanol–water partition coefficient (Wildman–Crippen LogP) is 3.19. The molecule has 5 atom stereocenters. The number of hydrogen-bond donors (Lipinski definition) is 2. The van der Waals surface area contributed by atoms with Crippen LogP contribution in [0.5, 0.6) is 0 Å². The number of benzene rings is 1. The van der Waals surface area contributed by atoms with Crippen LogP contribution in [0.4, 0.5) is 4.79 Å². The van der Waals surface area contributed by atoms with Crippen LogP contribution in [0.2, 0.25) is 0 Å². The molecule has 4 rings (SSSR count). The standard InChI is InChI=1S/C25H34N6O5/c1-5-6-12-18(20(32)23-31(36-23)16(2)17-10-8-7-9-11-17)28-24(34)35-19-13-25(3,4)14-30(19)22(33)21-26-15-27-29-21/h7-11,15-16,18-19,23H,5-6,12-14H2,1-4H3,(H,28,34)(H,26,27,29)/t16-,18+,19?,23?,31?/m1/s1. The van der Waals surface area contributed by atoms with Crippen molar-refractivity contribution < 1.29 is 24.0 Å². The summed E-state index contributed by atoms with van der Waals surface area (Å²) in [7, 11) is 0. The smallest absolute Gasteiger partial charge is 0.409 e. The summed E-state index contributed by atoms with van der Waals surface area (Å²) in [5.41, 5.74) is 0.777. The molecule has 0 bridgehead atoms. The van der Waals surface area contributed by atoms with Gasteiger partial charge in [0.05, 0.1) is 12.1 Å². The molecule has 11 nitrogen and oxygen atoms in total. The third kappa shape index (κ3) is 5.90. The van der Waals surface area contributed by atoms with Gasteiger partial charge in [-0.15, -0.1) is 5.06 Å². The van der Waals surface area contributed by atoms with Crippen molar-refractivity contribution in [1.82, 2.24) is 30.5 Å². The first-order valence-corrected chi connectivity index (χ1v) is 12.4. The number of hydroxylamine groups is 2. The molecule has 2 aromatic rings. The van der Waals surface area contributed by atoms with Gasteiger partial charge in [0.1, 0.15) is 6.33 Å². The van der Waals surface area contributed by atoms with E-state index in [-0.39, 0.29) is 23.1 Å². The minimum absolute atomic E-state index is 0.0798. The number of likely N-dealkylation sites (tertiary alicyclic amines) is 1. The number of hydrogen-bond acceptors (Lipinski definition) is 8. The highest BCUT2D eigenvalue weighted by atomic mass is 16.8. The second kappa shape index (κ2) is 10.8. The Morgan fingerprint density at radius 3 is 2.69 bits per heavy atom. The van der Waals surface area contributed by atoms with Gasteiger partial charge in [-0.2, -0.15) is 5.10 Å². The minimum atomic E-state index is -0.786. The molecular formula is C25H34N6O5. The molecule has 0 radical (unpaired) electrons. The molecule has 194 valence electrons. The lowest BCUT2D eigenvalue weighted by Gasteiger charge is -2.25. The summed E-state index contributed by atoms with van der Waals surface area (Å²) in [5, 5.41) is 10.7. The van der Waals surface area contributed by atoms with E-state index in [1.54, 1.807) is 5.06 Å². The maximum atomic E-state index is 13.2. The van der Waals surface area contributed by atoms with Crippen molar-refractivity contribution in [3.8, 4) is 0 Å². The van der Waals surface area contributed by atoms with E-state index >= 15 is 0 Å². The fourth-order valence-corrected chi connectivity index (χ4v) is 4.57. The van der Waals surface area contributed by atoms with Crippen LogP contribution in [0.15, 0.2) is 36.7 Å². The average molecular weight is 499 g/mol. The monoisotopic (exact) mass is 498 g/mol. The van der Waals surface area contributed by atoms with Crippen molar-refractivity contribution in [1.29, 1.82) is 0 Å². The Balaban J connectivity index is 1.39. The Hall–Kier alpha value is -3.31. The lowest BCUT2D eigenvalue weighted by molar-refractivity contribution is -0.122. The van der Waals surface area contributed by atoms with Crippen LogP contribution in [-0.2, 0) is 14.4 Å². The van der Waals surface area contributed by atoms with Crippen molar-refractivity contribution in [3.63, 3.8) is 0 Å². The molecule has 1 aromatic heterocycles. The van der Waals surface area contributed by atoms with Gasteiger partial charge < -0.3 is 10.1 Å². The number of carbonyl (C=O) groups excluding carboxylic acids is 3. The Kier molecular flexibility index (Phi) is 7.70. The van der Waals surface area contributed by atoms with Crippen molar-refractivity contribution >= 4 is 17.8 Å². The maximum Gasteiger partial charge on any atom is 0.409 e. The van der Waals surface area contributed by atoms with E-state index in [0.29, 0.717) is 19.4 Å². The number of carbonyl (C=O) groups is 3. The van der Waals surface area contributed by atoms with Crippen molar-refractivity contribution in [3.05, 3.63) is 48.0 Å². The van der Waals surface area contributed by atoms with E-state index < -0.39 is 30.5 Å². The van der Waals surface area contributed by atoms with E-state index in [1.165, 1.54) is 11.2 Å². The van der Waals surface area contributed by atoms with E-state index in [0.717, 1.165) is 18.4 Å². The third-order valence-corrected chi connectivity index (χ3v) is 6.59. The first kappa shape index (κ1) is 25.8. The van der Waals surface area contributed by atoms with Crippen LogP contribution >= 0.6 is 0 Å². The minimum Gasteiger partial charge on any atom is -0.425 e. The number of Topliss-reactive ketones (excluding diaryl/α,β-unsaturated/α-hetero) is 1. The number of rotatable bonds is 10. The molecule has 36 heavy (non-hydrogen) atoms. The van der Waals surface area contributed by atoms with Crippen LogP contribution in [-0.4, -0.2) is 68.0 Å². The lowest BCUT2D eigenvalue weighted by atomic mass is 9.93. The number of H-pyrrole nitrogens is 1. The number of ketones is 1. The predicted molar refractivity (Wildman–Crippen MR) is 129 cm³/mol. The third-order valence-electron chi connectivity index (χ3n) is 6.59. The molecular weight excluding hydrogens is 464 g/mol. The van der Waals surface area contributed by atoms with Gasteiger partial charge in [-0.1, -0.05) is 63.9 Å². The van der Waals surface area contributed by atoms with Crippen LogP contribution in [0.25, 0.3) is 0 Å². The molecule has 3 heterocycles. The summed E-state index contributed by atoms with van der Waals surface area (Å²) in [6.45, 7) is 8.37. The van der Waals surface area contributed by atoms with Crippen LogP contribution in [0.3, 0.4) is 0 Å². The summed E-state index contributed by atoms with van der Waals surface area (Å²) in [5.74, 6) is -0.535. The first-order chi connectivity index (χ1) is 17.2. The van der Waals surface area contributed by atoms with E-state index in [1.807, 2.05) is 58.0 Å². The van der Waals surface area contributed by atoms with Gasteiger partial charge in [0.15, 0.2) is 6.23 Å². The quantitative estimate of drug-likeness (QED) is 0.477. The van der Waals surface area contributed by atoms with E-state index in [2.05, 4.69) is 20.5 Å². The van der Waals surface area contributed by atoms with Crippen LogP contribution < -0.4 is 5.32 Å². The molecule has 3 unspecified atom stereocenters. The summed E-state index contributed by atoms with van der Waals surface area (Å²) in [6, 6.07) is 8.91. The highest BCUT2D eigenvalue weighted by molar-refractivity contribution is 5.92. The molecule has 0 spiro atoms. The van der Waals surface area contributed by atoms with Gasteiger partial charge in [0.25, 0.3) is 5.91 Å². The highest BCUT2D eigenvalue weighted by Crippen LogP contribution is 2.36. The Morgan fingerprint density at radius 2 is 2.03 bits per heavy atom. The number of ether oxygens (including phenoxy) is 1. The van der Waals surface area contributed by atoms with Crippen molar-refractivity contribution in [2.75, 3.05) is 6.54 Å². The van der Waals surface area contributed by atoms with Crippen LogP contribution in [0.1, 0.15) is 75.6 Å². The molecule has 0 aliphatic carbocycles. The highest BCUT2D eigenvalue weighted by Gasteiger charge is 2.49. The number of amides is 2. The molecule has 2 saturated heterocycles. The molecule has 2 aliphatic heterocycles. The average Bonchev–Trinajstić information content (AvgIpc) is 3.33. The summed E-state index contributed by atoms with van der Waals surface area (Å²) < 4.78 is 5.67. The van der Waals surface area contributed by atoms with E-state index in [4.69, 9.17) is 9.57 Å². The first-order valence-electron chi connectivity index (χ1n) is 12.4. The number of nitrogens with zero attached hydrogens (tertiary/aromatic N) is 4. The Bertz CT molecular complexity index is 1060. The fraction of sp³-hybridized carbons (Fsp3) is 0.560. The van der Waals surface area contributed by atoms with Gasteiger partial charge in [0.2, 0.25) is 17.8 Å². The molecule has 2 amide bonds. The van der Waals surface area contributed by atoms with Gasteiger partial charge >= 0.3 is 6.09 Å². The largest absolute Gasteiger partial charge is 0.425 e.